The molecule has 1 N–H and O–H groups in total. The highest BCUT2D eigenvalue weighted by atomic mass is 32.2. The molecule has 0 spiro atoms. The molecule has 134 valence electrons. The smallest absolute Gasteiger partial charge is 0.245 e. The zero-order valence-electron chi connectivity index (χ0n) is 13.9. The molecule has 2 aromatic rings. The number of benzene rings is 2. The standard InChI is InChI=1S/C17H19FN2O4S/c1-3-24-16-9-5-7-14(11-16)19-17(21)12-20(25(2,22)23)15-8-4-6-13(18)10-15/h4-11H,3,12H2,1-2H3,(H,19,21). The molecule has 1 amide bonds. The first-order valence-corrected chi connectivity index (χ1v) is 9.40. The maximum absolute atomic E-state index is 13.4. The molecule has 0 heterocycles. The normalized spacial score (nSPS) is 11.0. The summed E-state index contributed by atoms with van der Waals surface area (Å²) in [4.78, 5) is 12.2. The van der Waals surface area contributed by atoms with Gasteiger partial charge in [-0.1, -0.05) is 12.1 Å². The number of amides is 1. The van der Waals surface area contributed by atoms with Gasteiger partial charge in [0.25, 0.3) is 0 Å². The number of sulfonamides is 1. The van der Waals surface area contributed by atoms with Gasteiger partial charge in [-0.15, -0.1) is 0 Å². The minimum absolute atomic E-state index is 0.0840. The molecule has 0 fully saturated rings. The Morgan fingerprint density at radius 2 is 1.92 bits per heavy atom. The zero-order chi connectivity index (χ0) is 18.4. The van der Waals surface area contributed by atoms with Crippen LogP contribution >= 0.6 is 0 Å². The molecule has 0 aliphatic heterocycles. The minimum Gasteiger partial charge on any atom is -0.494 e. The van der Waals surface area contributed by atoms with Gasteiger partial charge in [0.1, 0.15) is 18.1 Å². The number of nitrogens with zero attached hydrogens (tertiary/aromatic N) is 1. The van der Waals surface area contributed by atoms with Crippen molar-refractivity contribution in [1.82, 2.24) is 0 Å². The number of hydrogen-bond acceptors (Lipinski definition) is 4. The lowest BCUT2D eigenvalue weighted by Gasteiger charge is -2.22. The molecule has 8 heteroatoms. The van der Waals surface area contributed by atoms with E-state index in [0.29, 0.717) is 18.0 Å². The van der Waals surface area contributed by atoms with E-state index in [9.17, 15) is 17.6 Å². The van der Waals surface area contributed by atoms with Crippen molar-refractivity contribution in [1.29, 1.82) is 0 Å². The molecule has 0 unspecified atom stereocenters. The third kappa shape index (κ3) is 5.46. The molecule has 0 aliphatic carbocycles. The van der Waals surface area contributed by atoms with Crippen LogP contribution in [0.1, 0.15) is 6.92 Å². The number of nitrogens with one attached hydrogen (secondary N) is 1. The van der Waals surface area contributed by atoms with Crippen LogP contribution in [0.15, 0.2) is 48.5 Å². The van der Waals surface area contributed by atoms with Crippen molar-refractivity contribution in [2.45, 2.75) is 6.92 Å². The topological polar surface area (TPSA) is 75.7 Å². The van der Waals surface area contributed by atoms with E-state index in [1.165, 1.54) is 18.2 Å². The Morgan fingerprint density at radius 3 is 2.56 bits per heavy atom. The summed E-state index contributed by atoms with van der Waals surface area (Å²) >= 11 is 0. The molecule has 6 nitrogen and oxygen atoms in total. The summed E-state index contributed by atoms with van der Waals surface area (Å²) in [7, 11) is -3.76. The summed E-state index contributed by atoms with van der Waals surface area (Å²) in [5.74, 6) is -0.551. The monoisotopic (exact) mass is 366 g/mol. The lowest BCUT2D eigenvalue weighted by Crippen LogP contribution is -2.37. The van der Waals surface area contributed by atoms with Gasteiger partial charge >= 0.3 is 0 Å². The maximum Gasteiger partial charge on any atom is 0.245 e. The third-order valence-electron chi connectivity index (χ3n) is 3.21. The highest BCUT2D eigenvalue weighted by Crippen LogP contribution is 2.20. The summed E-state index contributed by atoms with van der Waals surface area (Å²) < 4.78 is 43.5. The van der Waals surface area contributed by atoms with Crippen LogP contribution < -0.4 is 14.4 Å². The molecule has 25 heavy (non-hydrogen) atoms. The molecule has 0 atom stereocenters. The van der Waals surface area contributed by atoms with E-state index in [-0.39, 0.29) is 5.69 Å². The second-order valence-electron chi connectivity index (χ2n) is 5.26. The molecule has 0 bridgehead atoms. The summed E-state index contributed by atoms with van der Waals surface area (Å²) in [6.45, 7) is 1.86. The number of carbonyl (C=O) groups excluding carboxylic acids is 1. The maximum atomic E-state index is 13.4. The summed E-state index contributed by atoms with van der Waals surface area (Å²) in [6.07, 6.45) is 0.959. The first-order valence-electron chi connectivity index (χ1n) is 7.55. The van der Waals surface area contributed by atoms with Gasteiger partial charge in [-0.25, -0.2) is 12.8 Å². The highest BCUT2D eigenvalue weighted by Gasteiger charge is 2.21. The van der Waals surface area contributed by atoms with E-state index in [1.54, 1.807) is 24.3 Å². The number of rotatable bonds is 7. The van der Waals surface area contributed by atoms with Crippen molar-refractivity contribution < 1.29 is 22.3 Å². The number of carbonyl (C=O) groups is 1. The second kappa shape index (κ2) is 7.98. The fourth-order valence-electron chi connectivity index (χ4n) is 2.19. The minimum atomic E-state index is -3.76. The predicted octanol–water partition coefficient (Wildman–Crippen LogP) is 2.63. The van der Waals surface area contributed by atoms with Gasteiger partial charge < -0.3 is 10.1 Å². The number of ether oxygens (including phenoxy) is 1. The van der Waals surface area contributed by atoms with E-state index < -0.39 is 28.3 Å². The van der Waals surface area contributed by atoms with Crippen LogP contribution in [0, 0.1) is 5.82 Å². The van der Waals surface area contributed by atoms with Gasteiger partial charge in [-0.2, -0.15) is 0 Å². The van der Waals surface area contributed by atoms with Gasteiger partial charge in [0, 0.05) is 11.8 Å². The molecular formula is C17H19FN2O4S. The first-order chi connectivity index (χ1) is 11.8. The van der Waals surface area contributed by atoms with Gasteiger partial charge in [-0.05, 0) is 37.3 Å². The van der Waals surface area contributed by atoms with Crippen LogP contribution in [0.4, 0.5) is 15.8 Å². The Hall–Kier alpha value is -2.61. The van der Waals surface area contributed by atoms with Gasteiger partial charge in [0.2, 0.25) is 15.9 Å². The van der Waals surface area contributed by atoms with Gasteiger partial charge in [-0.3, -0.25) is 9.10 Å². The lowest BCUT2D eigenvalue weighted by molar-refractivity contribution is -0.114. The van der Waals surface area contributed by atoms with Crippen LogP contribution in [0.2, 0.25) is 0 Å². The summed E-state index contributed by atoms with van der Waals surface area (Å²) in [5.41, 5.74) is 0.560. The SMILES string of the molecule is CCOc1cccc(NC(=O)CN(c2cccc(F)c2)S(C)(=O)=O)c1. The predicted molar refractivity (Wildman–Crippen MR) is 94.8 cm³/mol. The Morgan fingerprint density at radius 1 is 1.20 bits per heavy atom. The molecular weight excluding hydrogens is 347 g/mol. The van der Waals surface area contributed by atoms with Crippen LogP contribution in [-0.2, 0) is 14.8 Å². The fourth-order valence-corrected chi connectivity index (χ4v) is 3.04. The molecule has 0 aromatic heterocycles. The molecule has 0 aliphatic rings. The molecule has 2 aromatic carbocycles. The molecule has 0 radical (unpaired) electrons. The van der Waals surface area contributed by atoms with Gasteiger partial charge in [0.15, 0.2) is 0 Å². The van der Waals surface area contributed by atoms with Crippen molar-refractivity contribution in [2.24, 2.45) is 0 Å². The van der Waals surface area contributed by atoms with E-state index in [2.05, 4.69) is 5.32 Å². The summed E-state index contributed by atoms with van der Waals surface area (Å²) in [6, 6.07) is 11.8. The average molecular weight is 366 g/mol. The molecule has 2 rings (SSSR count). The second-order valence-corrected chi connectivity index (χ2v) is 7.17. The zero-order valence-corrected chi connectivity index (χ0v) is 14.7. The molecule has 0 saturated carbocycles. The Labute approximate surface area is 146 Å². The van der Waals surface area contributed by atoms with Crippen LogP contribution in [0.25, 0.3) is 0 Å². The Bertz CT molecular complexity index is 855. The first kappa shape index (κ1) is 18.7. The van der Waals surface area contributed by atoms with Crippen LogP contribution in [0.5, 0.6) is 5.75 Å². The number of anilines is 2. The van der Waals surface area contributed by atoms with Crippen molar-refractivity contribution in [3.05, 3.63) is 54.3 Å². The Balaban J connectivity index is 2.16. The van der Waals surface area contributed by atoms with Crippen molar-refractivity contribution >= 4 is 27.3 Å². The third-order valence-corrected chi connectivity index (χ3v) is 4.35. The fraction of sp³-hybridized carbons (Fsp3) is 0.235. The van der Waals surface area contributed by atoms with Crippen molar-refractivity contribution in [3.8, 4) is 5.75 Å². The van der Waals surface area contributed by atoms with E-state index in [1.807, 2.05) is 6.92 Å². The number of halogens is 1. The van der Waals surface area contributed by atoms with Crippen molar-refractivity contribution in [3.63, 3.8) is 0 Å². The number of hydrogen-bond donors (Lipinski definition) is 1. The van der Waals surface area contributed by atoms with E-state index in [0.717, 1.165) is 16.6 Å². The quantitative estimate of drug-likeness (QED) is 0.817. The van der Waals surface area contributed by atoms with E-state index in [4.69, 9.17) is 4.74 Å². The highest BCUT2D eigenvalue weighted by molar-refractivity contribution is 7.92. The van der Waals surface area contributed by atoms with E-state index >= 15 is 0 Å². The van der Waals surface area contributed by atoms with Crippen molar-refractivity contribution in [2.75, 3.05) is 29.0 Å². The Kier molecular flexibility index (Phi) is 5.97. The van der Waals surface area contributed by atoms with Crippen LogP contribution in [0.3, 0.4) is 0 Å². The summed E-state index contributed by atoms with van der Waals surface area (Å²) in [5, 5.41) is 2.61. The largest absolute Gasteiger partial charge is 0.494 e. The van der Waals surface area contributed by atoms with Gasteiger partial charge in [0.05, 0.1) is 18.6 Å². The van der Waals surface area contributed by atoms with Crippen LogP contribution in [-0.4, -0.2) is 33.7 Å². The molecule has 0 saturated heterocycles. The lowest BCUT2D eigenvalue weighted by atomic mass is 10.3. The average Bonchev–Trinajstić information content (AvgIpc) is 2.52.